The number of benzene rings is 1. The summed E-state index contributed by atoms with van der Waals surface area (Å²) < 4.78 is 10.9. The minimum Gasteiger partial charge on any atom is -0.482 e. The van der Waals surface area contributed by atoms with Crippen molar-refractivity contribution in [2.45, 2.75) is 43.6 Å². The van der Waals surface area contributed by atoms with Gasteiger partial charge in [0.2, 0.25) is 5.89 Å². The Morgan fingerprint density at radius 1 is 1.32 bits per heavy atom. The molecule has 0 saturated carbocycles. The van der Waals surface area contributed by atoms with E-state index in [1.807, 2.05) is 20.8 Å². The molecule has 1 N–H and O–H groups in total. The number of ketones is 1. The fourth-order valence-electron chi connectivity index (χ4n) is 2.24. The van der Waals surface area contributed by atoms with Gasteiger partial charge in [0.25, 0.3) is 11.1 Å². The highest BCUT2D eigenvalue weighted by atomic mass is 32.2. The van der Waals surface area contributed by atoms with Crippen LogP contribution in [0.1, 0.15) is 43.9 Å². The summed E-state index contributed by atoms with van der Waals surface area (Å²) in [5.41, 5.74) is 0.752. The zero-order valence-corrected chi connectivity index (χ0v) is 15.3. The van der Waals surface area contributed by atoms with E-state index in [-0.39, 0.29) is 23.7 Å². The normalized spacial score (nSPS) is 15.1. The average Bonchev–Trinajstić information content (AvgIpc) is 3.02. The summed E-state index contributed by atoms with van der Waals surface area (Å²) in [5.74, 6) is 0.759. The molecule has 7 nitrogen and oxygen atoms in total. The molecule has 1 aliphatic heterocycles. The Kier molecular flexibility index (Phi) is 4.55. The second-order valence-corrected chi connectivity index (χ2v) is 8.09. The number of carbonyl (C=O) groups excluding carboxylic acids is 2. The number of nitrogens with zero attached hydrogens (tertiary/aromatic N) is 2. The van der Waals surface area contributed by atoms with Gasteiger partial charge in [-0.15, -0.1) is 10.2 Å². The SMILES string of the molecule is C[C@@H](Sc1nnc(C(C)(C)C)o1)C(=O)c1ccc2c(c1)NC(=O)CO2. The Balaban J connectivity index is 1.73. The first-order valence-corrected chi connectivity index (χ1v) is 8.73. The molecule has 1 atom stereocenters. The molecule has 0 unspecified atom stereocenters. The molecular formula is C17H19N3O4S. The minimum atomic E-state index is -0.411. The first-order chi connectivity index (χ1) is 11.7. The van der Waals surface area contributed by atoms with Gasteiger partial charge in [0.15, 0.2) is 12.4 Å². The second kappa shape index (κ2) is 6.51. The van der Waals surface area contributed by atoms with Gasteiger partial charge in [-0.05, 0) is 25.1 Å². The predicted molar refractivity (Wildman–Crippen MR) is 93.2 cm³/mol. The van der Waals surface area contributed by atoms with E-state index in [1.165, 1.54) is 11.8 Å². The lowest BCUT2D eigenvalue weighted by Gasteiger charge is -2.18. The van der Waals surface area contributed by atoms with Crippen LogP contribution in [0.5, 0.6) is 5.75 Å². The monoisotopic (exact) mass is 361 g/mol. The van der Waals surface area contributed by atoms with E-state index in [2.05, 4.69) is 15.5 Å². The number of carbonyl (C=O) groups is 2. The van der Waals surface area contributed by atoms with E-state index >= 15 is 0 Å². The quantitative estimate of drug-likeness (QED) is 0.660. The van der Waals surface area contributed by atoms with Crippen molar-refractivity contribution in [1.82, 2.24) is 10.2 Å². The maximum atomic E-state index is 12.7. The Labute approximate surface area is 149 Å². The first kappa shape index (κ1) is 17.5. The topological polar surface area (TPSA) is 94.3 Å². The van der Waals surface area contributed by atoms with Gasteiger partial charge in [-0.25, -0.2) is 0 Å². The molecule has 132 valence electrons. The number of rotatable bonds is 4. The first-order valence-electron chi connectivity index (χ1n) is 7.85. The van der Waals surface area contributed by atoms with Crippen LogP contribution in [0, 0.1) is 0 Å². The van der Waals surface area contributed by atoms with Crippen LogP contribution < -0.4 is 10.1 Å². The molecule has 0 bridgehead atoms. The lowest BCUT2D eigenvalue weighted by atomic mass is 9.97. The molecule has 2 aromatic rings. The Morgan fingerprint density at radius 3 is 2.76 bits per heavy atom. The van der Waals surface area contributed by atoms with Crippen molar-refractivity contribution >= 4 is 29.1 Å². The van der Waals surface area contributed by atoms with Crippen LogP contribution >= 0.6 is 11.8 Å². The summed E-state index contributed by atoms with van der Waals surface area (Å²) in [6.45, 7) is 7.70. The maximum absolute atomic E-state index is 12.7. The average molecular weight is 361 g/mol. The number of thioether (sulfide) groups is 1. The van der Waals surface area contributed by atoms with Crippen molar-refractivity contribution < 1.29 is 18.7 Å². The van der Waals surface area contributed by atoms with Gasteiger partial charge in [-0.3, -0.25) is 9.59 Å². The highest BCUT2D eigenvalue weighted by Gasteiger charge is 2.25. The van der Waals surface area contributed by atoms with Gasteiger partial charge in [-0.2, -0.15) is 0 Å². The van der Waals surface area contributed by atoms with Crippen LogP contribution in [0.4, 0.5) is 5.69 Å². The van der Waals surface area contributed by atoms with Crippen LogP contribution in [0.25, 0.3) is 0 Å². The van der Waals surface area contributed by atoms with Gasteiger partial charge in [-0.1, -0.05) is 32.5 Å². The van der Waals surface area contributed by atoms with Gasteiger partial charge < -0.3 is 14.5 Å². The molecule has 0 spiro atoms. The third-order valence-electron chi connectivity index (χ3n) is 3.59. The van der Waals surface area contributed by atoms with E-state index in [9.17, 15) is 9.59 Å². The van der Waals surface area contributed by atoms with Crippen LogP contribution in [0.3, 0.4) is 0 Å². The molecule has 25 heavy (non-hydrogen) atoms. The Bertz CT molecular complexity index is 826. The van der Waals surface area contributed by atoms with E-state index < -0.39 is 5.25 Å². The minimum absolute atomic E-state index is 0.0141. The van der Waals surface area contributed by atoms with Crippen LogP contribution in [0.15, 0.2) is 27.8 Å². The van der Waals surface area contributed by atoms with Gasteiger partial charge >= 0.3 is 0 Å². The lowest BCUT2D eigenvalue weighted by Crippen LogP contribution is -2.25. The Morgan fingerprint density at radius 2 is 2.08 bits per heavy atom. The molecular weight excluding hydrogens is 342 g/mol. The number of fused-ring (bicyclic) bond motifs is 1. The molecule has 0 saturated heterocycles. The number of Topliss-reactive ketones (excluding diaryl/α,β-unsaturated/α-hetero) is 1. The smallest absolute Gasteiger partial charge is 0.277 e. The predicted octanol–water partition coefficient (Wildman–Crippen LogP) is 3.06. The molecule has 1 aromatic carbocycles. The summed E-state index contributed by atoms with van der Waals surface area (Å²) in [7, 11) is 0. The van der Waals surface area contributed by atoms with Crippen molar-refractivity contribution in [1.29, 1.82) is 0 Å². The van der Waals surface area contributed by atoms with Crippen molar-refractivity contribution in [2.75, 3.05) is 11.9 Å². The summed E-state index contributed by atoms with van der Waals surface area (Å²) in [4.78, 5) is 24.1. The second-order valence-electron chi connectivity index (χ2n) is 6.80. The van der Waals surface area contributed by atoms with Crippen molar-refractivity contribution in [2.24, 2.45) is 0 Å². The van der Waals surface area contributed by atoms with E-state index in [1.54, 1.807) is 25.1 Å². The number of aromatic nitrogens is 2. The van der Waals surface area contributed by atoms with Crippen LogP contribution in [0.2, 0.25) is 0 Å². The molecule has 0 radical (unpaired) electrons. The summed E-state index contributed by atoms with van der Waals surface area (Å²) in [6, 6.07) is 4.99. The number of hydrogen-bond donors (Lipinski definition) is 1. The molecule has 8 heteroatoms. The molecule has 1 aliphatic rings. The summed E-state index contributed by atoms with van der Waals surface area (Å²) >= 11 is 1.21. The molecule has 0 aliphatic carbocycles. The number of anilines is 1. The highest BCUT2D eigenvalue weighted by Crippen LogP contribution is 2.32. The number of amides is 1. The number of ether oxygens (including phenoxy) is 1. The van der Waals surface area contributed by atoms with Crippen LogP contribution in [-0.2, 0) is 10.2 Å². The molecule has 3 rings (SSSR count). The summed E-state index contributed by atoms with van der Waals surface area (Å²) in [5, 5.41) is 10.7. The van der Waals surface area contributed by atoms with Crippen molar-refractivity contribution in [3.8, 4) is 5.75 Å². The van der Waals surface area contributed by atoms with Gasteiger partial charge in [0, 0.05) is 11.0 Å². The van der Waals surface area contributed by atoms with Crippen LogP contribution in [-0.4, -0.2) is 33.7 Å². The summed E-state index contributed by atoms with van der Waals surface area (Å²) in [6.07, 6.45) is 0. The Hall–Kier alpha value is -2.35. The van der Waals surface area contributed by atoms with E-state index in [0.717, 1.165) is 0 Å². The zero-order chi connectivity index (χ0) is 18.2. The molecule has 1 aromatic heterocycles. The molecule has 0 fully saturated rings. The lowest BCUT2D eigenvalue weighted by molar-refractivity contribution is -0.118. The largest absolute Gasteiger partial charge is 0.482 e. The van der Waals surface area contributed by atoms with E-state index in [0.29, 0.717) is 28.1 Å². The number of nitrogens with one attached hydrogen (secondary N) is 1. The van der Waals surface area contributed by atoms with E-state index in [4.69, 9.17) is 9.15 Å². The number of hydrogen-bond acceptors (Lipinski definition) is 7. The van der Waals surface area contributed by atoms with Gasteiger partial charge in [0.1, 0.15) is 5.75 Å². The molecule has 1 amide bonds. The zero-order valence-electron chi connectivity index (χ0n) is 14.5. The third kappa shape index (κ3) is 3.84. The maximum Gasteiger partial charge on any atom is 0.277 e. The molecule has 2 heterocycles. The highest BCUT2D eigenvalue weighted by molar-refractivity contribution is 8.00. The fourth-order valence-corrected chi connectivity index (χ4v) is 3.00. The van der Waals surface area contributed by atoms with Gasteiger partial charge in [0.05, 0.1) is 10.9 Å². The van der Waals surface area contributed by atoms with Crippen molar-refractivity contribution in [3.63, 3.8) is 0 Å². The van der Waals surface area contributed by atoms with Crippen molar-refractivity contribution in [3.05, 3.63) is 29.7 Å². The standard InChI is InChI=1S/C17H19N3O4S/c1-9(25-16-20-19-15(24-16)17(2,3)4)14(22)10-5-6-12-11(7-10)18-13(21)8-23-12/h5-7,9H,8H2,1-4H3,(H,18,21)/t9-/m1/s1. The fraction of sp³-hybridized carbons (Fsp3) is 0.412. The third-order valence-corrected chi connectivity index (χ3v) is 4.53.